The SMILES string of the molecule is O=C1C=c2c(C#Cc3cccnc3)cccc2=N1. The zero-order chi connectivity index (χ0) is 12.4. The molecule has 0 aliphatic carbocycles. The maximum Gasteiger partial charge on any atom is 0.270 e. The zero-order valence-electron chi connectivity index (χ0n) is 9.42. The van der Waals surface area contributed by atoms with Gasteiger partial charge in [-0.3, -0.25) is 9.78 Å². The Bertz CT molecular complexity index is 796. The molecule has 3 rings (SSSR count). The van der Waals surface area contributed by atoms with Crippen LogP contribution in [0.15, 0.2) is 47.7 Å². The summed E-state index contributed by atoms with van der Waals surface area (Å²) < 4.78 is 0. The molecule has 0 atom stereocenters. The Morgan fingerprint density at radius 1 is 1.06 bits per heavy atom. The van der Waals surface area contributed by atoms with Gasteiger partial charge in [-0.05, 0) is 24.3 Å². The Morgan fingerprint density at radius 3 is 2.83 bits per heavy atom. The molecule has 0 unspecified atom stereocenters. The quantitative estimate of drug-likeness (QED) is 0.618. The normalized spacial score (nSPS) is 11.9. The standard InChI is InChI=1S/C15H8N2O/c18-15-9-13-12(4-1-5-14(13)17-15)7-6-11-3-2-8-16-10-11/h1-5,8-10H. The predicted octanol–water partition coefficient (Wildman–Crippen LogP) is 0.422. The van der Waals surface area contributed by atoms with Gasteiger partial charge >= 0.3 is 0 Å². The highest BCUT2D eigenvalue weighted by Crippen LogP contribution is 1.94. The Kier molecular flexibility index (Phi) is 2.47. The van der Waals surface area contributed by atoms with Gasteiger partial charge in [0.2, 0.25) is 0 Å². The fourth-order valence-electron chi connectivity index (χ4n) is 1.76. The Labute approximate surface area is 104 Å². The van der Waals surface area contributed by atoms with E-state index < -0.39 is 0 Å². The van der Waals surface area contributed by atoms with Gasteiger partial charge in [-0.25, -0.2) is 4.99 Å². The summed E-state index contributed by atoms with van der Waals surface area (Å²) in [4.78, 5) is 19.1. The molecule has 0 saturated carbocycles. The first-order valence-electron chi connectivity index (χ1n) is 5.48. The summed E-state index contributed by atoms with van der Waals surface area (Å²) in [6, 6.07) is 9.27. The second-order valence-electron chi connectivity index (χ2n) is 3.82. The van der Waals surface area contributed by atoms with Crippen molar-refractivity contribution in [1.82, 2.24) is 4.98 Å². The molecule has 0 saturated heterocycles. The highest BCUT2D eigenvalue weighted by Gasteiger charge is 2.04. The lowest BCUT2D eigenvalue weighted by Crippen LogP contribution is -2.24. The van der Waals surface area contributed by atoms with Crippen LogP contribution in [0.5, 0.6) is 0 Å². The highest BCUT2D eigenvalue weighted by molar-refractivity contribution is 6.06. The molecule has 2 heterocycles. The lowest BCUT2D eigenvalue weighted by atomic mass is 10.1. The Hall–Kier alpha value is -2.73. The molecule has 84 valence electrons. The number of benzene rings is 1. The van der Waals surface area contributed by atoms with Crippen molar-refractivity contribution < 1.29 is 4.79 Å². The third-order valence-electron chi connectivity index (χ3n) is 2.58. The number of aromatic nitrogens is 1. The van der Waals surface area contributed by atoms with Crippen molar-refractivity contribution in [2.45, 2.75) is 0 Å². The smallest absolute Gasteiger partial charge is 0.267 e. The summed E-state index contributed by atoms with van der Waals surface area (Å²) in [5.74, 6) is 5.85. The first-order chi connectivity index (χ1) is 8.83. The van der Waals surface area contributed by atoms with Gasteiger partial charge in [0.15, 0.2) is 0 Å². The number of rotatable bonds is 0. The highest BCUT2D eigenvalue weighted by atomic mass is 16.1. The Morgan fingerprint density at radius 2 is 2.00 bits per heavy atom. The predicted molar refractivity (Wildman–Crippen MR) is 66.9 cm³/mol. The first-order valence-corrected chi connectivity index (χ1v) is 5.48. The van der Waals surface area contributed by atoms with E-state index in [0.29, 0.717) is 5.36 Å². The van der Waals surface area contributed by atoms with Crippen LogP contribution >= 0.6 is 0 Å². The van der Waals surface area contributed by atoms with E-state index in [1.54, 1.807) is 12.4 Å². The number of hydrogen-bond acceptors (Lipinski definition) is 2. The summed E-state index contributed by atoms with van der Waals surface area (Å²) in [6.07, 6.45) is 4.93. The molecule has 0 radical (unpaired) electrons. The average molecular weight is 232 g/mol. The monoisotopic (exact) mass is 232 g/mol. The van der Waals surface area contributed by atoms with Crippen LogP contribution in [-0.4, -0.2) is 10.9 Å². The van der Waals surface area contributed by atoms with Gasteiger partial charge in [0.25, 0.3) is 5.91 Å². The van der Waals surface area contributed by atoms with E-state index in [0.717, 1.165) is 16.3 Å². The fraction of sp³-hybridized carbons (Fsp3) is 0. The lowest BCUT2D eigenvalue weighted by Gasteiger charge is -1.90. The van der Waals surface area contributed by atoms with E-state index in [4.69, 9.17) is 0 Å². The van der Waals surface area contributed by atoms with Crippen molar-refractivity contribution in [2.75, 3.05) is 0 Å². The molecular formula is C15H8N2O. The molecule has 0 N–H and O–H groups in total. The van der Waals surface area contributed by atoms with Crippen LogP contribution in [0.25, 0.3) is 6.08 Å². The van der Waals surface area contributed by atoms with Gasteiger partial charge < -0.3 is 0 Å². The van der Waals surface area contributed by atoms with Crippen molar-refractivity contribution in [1.29, 1.82) is 0 Å². The van der Waals surface area contributed by atoms with Crippen LogP contribution in [0.1, 0.15) is 11.1 Å². The van der Waals surface area contributed by atoms with E-state index in [1.165, 1.54) is 6.08 Å². The largest absolute Gasteiger partial charge is 0.270 e. The number of pyridine rings is 1. The second kappa shape index (κ2) is 4.27. The van der Waals surface area contributed by atoms with Crippen molar-refractivity contribution >= 4 is 12.0 Å². The number of fused-ring (bicyclic) bond motifs is 1. The van der Waals surface area contributed by atoms with Gasteiger partial charge in [0.05, 0.1) is 5.36 Å². The van der Waals surface area contributed by atoms with Gasteiger partial charge in [-0.2, -0.15) is 0 Å². The molecule has 1 aromatic carbocycles. The fourth-order valence-corrected chi connectivity index (χ4v) is 1.76. The summed E-state index contributed by atoms with van der Waals surface area (Å²) in [7, 11) is 0. The summed E-state index contributed by atoms with van der Waals surface area (Å²) in [5.41, 5.74) is 1.65. The topological polar surface area (TPSA) is 42.3 Å². The molecule has 18 heavy (non-hydrogen) atoms. The first kappa shape index (κ1) is 10.4. The molecule has 3 nitrogen and oxygen atoms in total. The molecule has 3 heteroatoms. The molecule has 0 bridgehead atoms. The van der Waals surface area contributed by atoms with E-state index in [-0.39, 0.29) is 5.91 Å². The van der Waals surface area contributed by atoms with Gasteiger partial charge in [-0.15, -0.1) is 0 Å². The van der Waals surface area contributed by atoms with E-state index in [1.807, 2.05) is 30.3 Å². The molecule has 1 aliphatic heterocycles. The van der Waals surface area contributed by atoms with Gasteiger partial charge in [-0.1, -0.05) is 17.9 Å². The minimum atomic E-state index is -0.222. The number of carbonyl (C=O) groups is 1. The van der Waals surface area contributed by atoms with Crippen LogP contribution in [0.4, 0.5) is 0 Å². The molecular weight excluding hydrogens is 224 g/mol. The minimum absolute atomic E-state index is 0.222. The average Bonchev–Trinajstić information content (AvgIpc) is 2.78. The number of amides is 1. The molecule has 2 aromatic rings. The Balaban J connectivity index is 2.11. The van der Waals surface area contributed by atoms with Crippen LogP contribution in [0.2, 0.25) is 0 Å². The summed E-state index contributed by atoms with van der Waals surface area (Å²) in [6.45, 7) is 0. The number of hydrogen-bond donors (Lipinski definition) is 0. The molecule has 1 amide bonds. The van der Waals surface area contributed by atoms with Crippen molar-refractivity contribution in [3.63, 3.8) is 0 Å². The zero-order valence-corrected chi connectivity index (χ0v) is 9.42. The van der Waals surface area contributed by atoms with Crippen LogP contribution < -0.4 is 10.6 Å². The van der Waals surface area contributed by atoms with Gasteiger partial charge in [0.1, 0.15) is 0 Å². The van der Waals surface area contributed by atoms with E-state index in [9.17, 15) is 4.79 Å². The van der Waals surface area contributed by atoms with Crippen LogP contribution in [0, 0.1) is 11.8 Å². The maximum absolute atomic E-state index is 11.2. The number of nitrogens with zero attached hydrogens (tertiary/aromatic N) is 2. The van der Waals surface area contributed by atoms with Crippen molar-refractivity contribution in [3.05, 3.63) is 64.4 Å². The van der Waals surface area contributed by atoms with Crippen molar-refractivity contribution in [2.24, 2.45) is 4.99 Å². The summed E-state index contributed by atoms with van der Waals surface area (Å²) in [5, 5.41) is 1.50. The van der Waals surface area contributed by atoms with Crippen molar-refractivity contribution in [3.8, 4) is 11.8 Å². The summed E-state index contributed by atoms with van der Waals surface area (Å²) >= 11 is 0. The van der Waals surface area contributed by atoms with E-state index in [2.05, 4.69) is 21.8 Å². The maximum atomic E-state index is 11.2. The second-order valence-corrected chi connectivity index (χ2v) is 3.82. The molecule has 0 fully saturated rings. The third-order valence-corrected chi connectivity index (χ3v) is 2.58. The van der Waals surface area contributed by atoms with Crippen LogP contribution in [-0.2, 0) is 4.79 Å². The number of carbonyl (C=O) groups excluding carboxylic acids is 1. The lowest BCUT2D eigenvalue weighted by molar-refractivity contribution is -0.112. The molecule has 1 aliphatic rings. The third kappa shape index (κ3) is 1.92. The molecule has 1 aromatic heterocycles. The van der Waals surface area contributed by atoms with E-state index >= 15 is 0 Å². The molecule has 0 spiro atoms. The van der Waals surface area contributed by atoms with Gasteiger partial charge in [0, 0.05) is 34.8 Å². The van der Waals surface area contributed by atoms with Crippen LogP contribution in [0.3, 0.4) is 0 Å². The minimum Gasteiger partial charge on any atom is -0.267 e.